The molecule has 6 fully saturated rings. The van der Waals surface area contributed by atoms with Crippen LogP contribution in [0, 0.1) is 47.3 Å². The van der Waals surface area contributed by atoms with Gasteiger partial charge in [0.15, 0.2) is 16.6 Å². The number of fused-ring (bicyclic) bond motifs is 10. The van der Waals surface area contributed by atoms with Crippen LogP contribution in [0.4, 0.5) is 11.4 Å². The summed E-state index contributed by atoms with van der Waals surface area (Å²) >= 11 is 0. The molecule has 4 amide bonds. The second-order valence-corrected chi connectivity index (χ2v) is 24.2. The molecule has 8 rings (SSSR count). The largest absolute Gasteiger partial charge is 0.508 e. The van der Waals surface area contributed by atoms with E-state index in [2.05, 4.69) is 26.2 Å². The van der Waals surface area contributed by atoms with Crippen molar-refractivity contribution in [2.45, 2.75) is 63.0 Å². The number of carbonyl (C=O) groups excluding carboxylic acids is 4. The van der Waals surface area contributed by atoms with E-state index in [0.717, 1.165) is 25.7 Å². The van der Waals surface area contributed by atoms with E-state index in [4.69, 9.17) is 4.12 Å². The molecule has 2 aromatic rings. The number of amides is 4. The molecule has 6 aliphatic rings. The number of hydrogen-bond acceptors (Lipinski definition) is 7. The zero-order valence-corrected chi connectivity index (χ0v) is 28.1. The van der Waals surface area contributed by atoms with E-state index in [-0.39, 0.29) is 93.6 Å². The highest BCUT2D eigenvalue weighted by Crippen LogP contribution is 2.66. The number of phenols is 2. The molecule has 2 N–H and O–H groups in total. The Morgan fingerprint density at radius 1 is 0.556 bits per heavy atom. The van der Waals surface area contributed by atoms with Gasteiger partial charge in [0.25, 0.3) is 0 Å². The van der Waals surface area contributed by atoms with E-state index in [1.54, 1.807) is 24.3 Å². The molecule has 45 heavy (non-hydrogen) atoms. The number of carbonyl (C=O) groups is 4. The minimum absolute atomic E-state index is 0.0967. The first-order valence-electron chi connectivity index (χ1n) is 16.3. The maximum Gasteiger partial charge on any atom is 0.237 e. The Kier molecular flexibility index (Phi) is 6.23. The summed E-state index contributed by atoms with van der Waals surface area (Å²) in [7, 11) is -4.70. The second-order valence-electron chi connectivity index (χ2n) is 15.5. The van der Waals surface area contributed by atoms with Crippen molar-refractivity contribution < 1.29 is 33.5 Å². The Morgan fingerprint density at radius 2 is 0.889 bits per heavy atom. The number of phenolic OH excluding ortho intramolecular Hbond substituents is 2. The van der Waals surface area contributed by atoms with Gasteiger partial charge in [-0.15, -0.1) is 0 Å². The van der Waals surface area contributed by atoms with Crippen LogP contribution in [0.1, 0.15) is 25.7 Å². The lowest BCUT2D eigenvalue weighted by Crippen LogP contribution is -2.53. The average molecular weight is 645 g/mol. The predicted molar refractivity (Wildman–Crippen MR) is 171 cm³/mol. The first-order chi connectivity index (χ1) is 21.3. The molecule has 10 unspecified atom stereocenters. The summed E-state index contributed by atoms with van der Waals surface area (Å²) in [6.07, 6.45) is 3.61. The maximum atomic E-state index is 13.8. The molecule has 2 heterocycles. The lowest BCUT2D eigenvalue weighted by molar-refractivity contribution is -0.124. The molecule has 2 aliphatic heterocycles. The number of rotatable bonds is 6. The van der Waals surface area contributed by atoms with Crippen LogP contribution in [0.2, 0.25) is 37.3 Å². The number of imide groups is 2. The van der Waals surface area contributed by atoms with E-state index in [1.807, 2.05) is 0 Å². The zero-order chi connectivity index (χ0) is 31.7. The molecule has 236 valence electrons. The van der Waals surface area contributed by atoms with Crippen LogP contribution in [-0.2, 0) is 23.3 Å². The summed E-state index contributed by atoms with van der Waals surface area (Å²) in [5, 5.41) is 19.4. The molecular formula is C34H40N2O7Si2. The number of hydrogen-bond donors (Lipinski definition) is 2. The average Bonchev–Trinajstić information content (AvgIpc) is 3.82. The van der Waals surface area contributed by atoms with Gasteiger partial charge in [-0.25, -0.2) is 0 Å². The Hall–Kier alpha value is -3.29. The van der Waals surface area contributed by atoms with Gasteiger partial charge in [0.05, 0.1) is 35.0 Å². The smallest absolute Gasteiger partial charge is 0.237 e. The standard InChI is InChI=1S/C34H40N2O7Si2/c1-44(2,25-15-17-13-23(25)29-27(17)31(39)35(33(29)41)19-5-9-21(37)10-6-19)43-45(3,4)26-16-18-14-24(26)30-28(18)32(40)36(34(30)42)20-7-11-22(38)12-8-20/h5-12,17-18,23-30,37-38H,13-16H2,1-4H3. The number of anilines is 2. The Morgan fingerprint density at radius 3 is 1.24 bits per heavy atom. The van der Waals surface area contributed by atoms with Crippen LogP contribution in [0.3, 0.4) is 0 Å². The topological polar surface area (TPSA) is 124 Å². The predicted octanol–water partition coefficient (Wildman–Crippen LogP) is 5.26. The molecule has 4 saturated carbocycles. The minimum atomic E-state index is -2.35. The van der Waals surface area contributed by atoms with Gasteiger partial charge >= 0.3 is 0 Å². The lowest BCUT2D eigenvalue weighted by Gasteiger charge is -2.46. The van der Waals surface area contributed by atoms with Crippen molar-refractivity contribution in [3.05, 3.63) is 48.5 Å². The summed E-state index contributed by atoms with van der Waals surface area (Å²) in [6, 6.07) is 12.6. The minimum Gasteiger partial charge on any atom is -0.508 e. The molecule has 0 radical (unpaired) electrons. The summed E-state index contributed by atoms with van der Waals surface area (Å²) in [5.41, 5.74) is 1.59. The van der Waals surface area contributed by atoms with Gasteiger partial charge in [-0.1, -0.05) is 0 Å². The summed E-state index contributed by atoms with van der Waals surface area (Å²) in [6.45, 7) is 9.14. The van der Waals surface area contributed by atoms with Crippen molar-refractivity contribution in [2.75, 3.05) is 9.80 Å². The van der Waals surface area contributed by atoms with E-state index < -0.39 is 16.6 Å². The molecule has 4 bridgehead atoms. The molecule has 11 heteroatoms. The fourth-order valence-corrected chi connectivity index (χ4v) is 22.2. The molecule has 2 saturated heterocycles. The summed E-state index contributed by atoms with van der Waals surface area (Å²) in [4.78, 5) is 57.3. The van der Waals surface area contributed by atoms with E-state index in [1.165, 1.54) is 34.1 Å². The van der Waals surface area contributed by atoms with Crippen LogP contribution in [-0.4, -0.2) is 50.5 Å². The van der Waals surface area contributed by atoms with Gasteiger partial charge < -0.3 is 14.3 Å². The van der Waals surface area contributed by atoms with Gasteiger partial charge in [0.2, 0.25) is 23.6 Å². The quantitative estimate of drug-likeness (QED) is 0.325. The lowest BCUT2D eigenvalue weighted by atomic mass is 9.81. The fraction of sp³-hybridized carbons (Fsp3) is 0.529. The maximum absolute atomic E-state index is 13.8. The van der Waals surface area contributed by atoms with Crippen molar-refractivity contribution in [3.8, 4) is 11.5 Å². The van der Waals surface area contributed by atoms with Crippen molar-refractivity contribution in [1.29, 1.82) is 0 Å². The molecular weight excluding hydrogens is 605 g/mol. The number of nitrogens with zero attached hydrogens (tertiary/aromatic N) is 2. The third kappa shape index (κ3) is 4.05. The van der Waals surface area contributed by atoms with E-state index in [0.29, 0.717) is 11.4 Å². The van der Waals surface area contributed by atoms with Crippen LogP contribution in [0.25, 0.3) is 0 Å². The van der Waals surface area contributed by atoms with Gasteiger partial charge in [-0.05, 0) is 135 Å². The Balaban J connectivity index is 1.000. The second kappa shape index (κ2) is 9.62. The first-order valence-corrected chi connectivity index (χ1v) is 22.3. The fourth-order valence-electron chi connectivity index (χ4n) is 11.1. The zero-order valence-electron chi connectivity index (χ0n) is 26.1. The van der Waals surface area contributed by atoms with Gasteiger partial charge in [-0.3, -0.25) is 29.0 Å². The SMILES string of the molecule is C[Si](C)(O[Si](C)(C)C1CC2CC1C1C(=O)N(c3ccc(O)cc3)C(=O)C21)C1CC2CC1C1C(=O)N(c3ccc(O)cc3)C(=O)C21. The van der Waals surface area contributed by atoms with Gasteiger partial charge in [0.1, 0.15) is 11.5 Å². The molecule has 10 atom stereocenters. The van der Waals surface area contributed by atoms with Gasteiger partial charge in [0, 0.05) is 0 Å². The number of aromatic hydroxyl groups is 2. The number of benzene rings is 2. The van der Waals surface area contributed by atoms with Crippen LogP contribution in [0.5, 0.6) is 11.5 Å². The first kappa shape index (κ1) is 29.1. The Labute approximate surface area is 264 Å². The van der Waals surface area contributed by atoms with Crippen molar-refractivity contribution in [2.24, 2.45) is 47.3 Å². The van der Waals surface area contributed by atoms with Crippen molar-refractivity contribution in [1.82, 2.24) is 0 Å². The molecule has 0 spiro atoms. The Bertz CT molecular complexity index is 1510. The van der Waals surface area contributed by atoms with Crippen LogP contribution >= 0.6 is 0 Å². The van der Waals surface area contributed by atoms with E-state index in [9.17, 15) is 29.4 Å². The van der Waals surface area contributed by atoms with Crippen molar-refractivity contribution >= 4 is 51.6 Å². The molecule has 4 aliphatic carbocycles. The molecule has 2 aromatic carbocycles. The highest BCUT2D eigenvalue weighted by Gasteiger charge is 2.69. The van der Waals surface area contributed by atoms with Crippen molar-refractivity contribution in [3.63, 3.8) is 0 Å². The third-order valence-corrected chi connectivity index (χ3v) is 21.7. The third-order valence-electron chi connectivity index (χ3n) is 12.6. The normalized spacial score (nSPS) is 36.9. The van der Waals surface area contributed by atoms with E-state index >= 15 is 0 Å². The molecule has 9 nitrogen and oxygen atoms in total. The monoisotopic (exact) mass is 644 g/mol. The highest BCUT2D eigenvalue weighted by atomic mass is 28.4. The van der Waals surface area contributed by atoms with Crippen LogP contribution in [0.15, 0.2) is 48.5 Å². The summed E-state index contributed by atoms with van der Waals surface area (Å²) in [5.74, 6) is -0.802. The summed E-state index contributed by atoms with van der Waals surface area (Å²) < 4.78 is 7.37. The van der Waals surface area contributed by atoms with Crippen LogP contribution < -0.4 is 9.80 Å². The highest BCUT2D eigenvalue weighted by molar-refractivity contribution is 6.86. The molecule has 0 aromatic heterocycles. The van der Waals surface area contributed by atoms with Gasteiger partial charge in [-0.2, -0.15) is 0 Å².